The molecule has 0 atom stereocenters. The molecule has 102 valence electrons. The molecule has 0 N–H and O–H groups in total. The van der Waals surface area contributed by atoms with Gasteiger partial charge in [-0.3, -0.25) is 0 Å². The largest absolute Gasteiger partial charge is 0.241 e. The summed E-state index contributed by atoms with van der Waals surface area (Å²) in [6.07, 6.45) is 0. The van der Waals surface area contributed by atoms with Crippen LogP contribution >= 0.6 is 0 Å². The van der Waals surface area contributed by atoms with Gasteiger partial charge in [0.25, 0.3) is 0 Å². The van der Waals surface area contributed by atoms with Gasteiger partial charge in [0.15, 0.2) is 5.65 Å². The van der Waals surface area contributed by atoms with E-state index < -0.39 is 0 Å². The molecule has 0 aliphatic heterocycles. The van der Waals surface area contributed by atoms with E-state index in [4.69, 9.17) is 9.97 Å². The van der Waals surface area contributed by atoms with Crippen LogP contribution in [0.15, 0.2) is 54.6 Å². The van der Waals surface area contributed by atoms with Gasteiger partial charge in [-0.1, -0.05) is 42.5 Å². The van der Waals surface area contributed by atoms with Crippen LogP contribution in [-0.4, -0.2) is 19.7 Å². The van der Waals surface area contributed by atoms with Gasteiger partial charge < -0.3 is 0 Å². The summed E-state index contributed by atoms with van der Waals surface area (Å²) < 4.78 is 1.93. The topological polar surface area (TPSA) is 43.6 Å². The second-order valence-corrected chi connectivity index (χ2v) is 5.11. The fraction of sp³-hybridized carbons (Fsp3) is 0.118. The predicted molar refractivity (Wildman–Crippen MR) is 83.1 cm³/mol. The zero-order valence-electron chi connectivity index (χ0n) is 11.7. The Morgan fingerprint density at radius 3 is 2.29 bits per heavy atom. The minimum atomic E-state index is 0.707. The summed E-state index contributed by atoms with van der Waals surface area (Å²) in [6.45, 7) is 2.69. The lowest BCUT2D eigenvalue weighted by Crippen LogP contribution is -2.03. The smallest absolute Gasteiger partial charge is 0.178 e. The minimum absolute atomic E-state index is 0.707. The Morgan fingerprint density at radius 1 is 0.857 bits per heavy atom. The highest BCUT2D eigenvalue weighted by molar-refractivity contribution is 5.85. The van der Waals surface area contributed by atoms with Crippen molar-refractivity contribution >= 4 is 22.2 Å². The first-order chi connectivity index (χ1) is 10.3. The van der Waals surface area contributed by atoms with Crippen molar-refractivity contribution in [3.63, 3.8) is 0 Å². The Hall–Kier alpha value is -2.75. The Morgan fingerprint density at radius 2 is 1.52 bits per heavy atom. The third kappa shape index (κ3) is 2.05. The lowest BCUT2D eigenvalue weighted by Gasteiger charge is -2.03. The molecule has 0 radical (unpaired) electrons. The molecule has 0 aliphatic rings. The van der Waals surface area contributed by atoms with E-state index in [1.165, 1.54) is 5.56 Å². The molecule has 0 saturated carbocycles. The van der Waals surface area contributed by atoms with Gasteiger partial charge in [0, 0.05) is 0 Å². The molecule has 2 heterocycles. The van der Waals surface area contributed by atoms with Crippen LogP contribution in [0.5, 0.6) is 0 Å². The molecule has 4 aromatic rings. The fourth-order valence-corrected chi connectivity index (χ4v) is 2.56. The van der Waals surface area contributed by atoms with Crippen molar-refractivity contribution in [2.24, 2.45) is 0 Å². The molecular weight excluding hydrogens is 260 g/mol. The zero-order valence-corrected chi connectivity index (χ0v) is 11.7. The zero-order chi connectivity index (χ0) is 14.2. The van der Waals surface area contributed by atoms with Gasteiger partial charge in [0.05, 0.1) is 23.3 Å². The summed E-state index contributed by atoms with van der Waals surface area (Å²) in [5.74, 6) is 0. The van der Waals surface area contributed by atoms with Crippen LogP contribution in [0.25, 0.3) is 22.2 Å². The summed E-state index contributed by atoms with van der Waals surface area (Å²) >= 11 is 0. The SMILES string of the molecule is Cc1nn(Cc2ccccc2)c2nc3ccccc3nc12. The van der Waals surface area contributed by atoms with Crippen LogP contribution < -0.4 is 0 Å². The van der Waals surface area contributed by atoms with Crippen LogP contribution in [0.3, 0.4) is 0 Å². The fourth-order valence-electron chi connectivity index (χ4n) is 2.56. The Labute approximate surface area is 122 Å². The maximum absolute atomic E-state index is 4.73. The van der Waals surface area contributed by atoms with E-state index in [1.807, 2.05) is 54.1 Å². The van der Waals surface area contributed by atoms with Crippen LogP contribution in [0, 0.1) is 6.92 Å². The molecule has 0 fully saturated rings. The highest BCUT2D eigenvalue weighted by Crippen LogP contribution is 2.19. The predicted octanol–water partition coefficient (Wildman–Crippen LogP) is 3.34. The maximum Gasteiger partial charge on any atom is 0.178 e. The van der Waals surface area contributed by atoms with Crippen molar-refractivity contribution < 1.29 is 0 Å². The summed E-state index contributed by atoms with van der Waals surface area (Å²) in [5.41, 5.74) is 5.65. The van der Waals surface area contributed by atoms with Crippen LogP contribution in [0.2, 0.25) is 0 Å². The number of aromatic nitrogens is 4. The second-order valence-electron chi connectivity index (χ2n) is 5.11. The second kappa shape index (κ2) is 4.66. The van der Waals surface area contributed by atoms with Gasteiger partial charge in [-0.15, -0.1) is 0 Å². The third-order valence-corrected chi connectivity index (χ3v) is 3.59. The van der Waals surface area contributed by atoms with Gasteiger partial charge in [-0.05, 0) is 24.6 Å². The van der Waals surface area contributed by atoms with E-state index in [2.05, 4.69) is 17.2 Å². The van der Waals surface area contributed by atoms with Crippen LogP contribution in [0.4, 0.5) is 0 Å². The molecule has 0 saturated heterocycles. The normalized spacial score (nSPS) is 11.3. The number of para-hydroxylation sites is 2. The number of rotatable bonds is 2. The van der Waals surface area contributed by atoms with E-state index in [1.54, 1.807) is 0 Å². The van der Waals surface area contributed by atoms with Crippen LogP contribution in [0.1, 0.15) is 11.3 Å². The monoisotopic (exact) mass is 274 g/mol. The Kier molecular flexibility index (Phi) is 2.67. The van der Waals surface area contributed by atoms with Crippen LogP contribution in [-0.2, 0) is 6.54 Å². The standard InChI is InChI=1S/C17H14N4/c1-12-16-17(19-15-10-6-5-9-14(15)18-16)21(20-12)11-13-7-3-2-4-8-13/h2-10H,11H2,1H3. The Bertz CT molecular complexity index is 925. The molecule has 4 rings (SSSR count). The molecule has 21 heavy (non-hydrogen) atoms. The summed E-state index contributed by atoms with van der Waals surface area (Å²) in [4.78, 5) is 9.43. The van der Waals surface area contributed by atoms with Gasteiger partial charge in [0.1, 0.15) is 5.52 Å². The first kappa shape index (κ1) is 12.0. The molecule has 0 unspecified atom stereocenters. The number of hydrogen-bond donors (Lipinski definition) is 0. The summed E-state index contributed by atoms with van der Waals surface area (Å²) in [7, 11) is 0. The Balaban J connectivity index is 1.91. The van der Waals surface area contributed by atoms with Gasteiger partial charge in [-0.25, -0.2) is 14.6 Å². The molecule has 2 aromatic heterocycles. The average Bonchev–Trinajstić information content (AvgIpc) is 2.82. The van der Waals surface area contributed by atoms with E-state index in [0.29, 0.717) is 6.54 Å². The summed E-state index contributed by atoms with van der Waals surface area (Å²) in [6, 6.07) is 18.2. The molecule has 4 heteroatoms. The number of hydrogen-bond acceptors (Lipinski definition) is 3. The lowest BCUT2D eigenvalue weighted by atomic mass is 10.2. The van der Waals surface area contributed by atoms with E-state index in [-0.39, 0.29) is 0 Å². The molecular formula is C17H14N4. The average molecular weight is 274 g/mol. The van der Waals surface area contributed by atoms with E-state index >= 15 is 0 Å². The number of nitrogens with zero attached hydrogens (tertiary/aromatic N) is 4. The molecule has 0 amide bonds. The molecule has 0 bridgehead atoms. The van der Waals surface area contributed by atoms with E-state index in [0.717, 1.165) is 27.9 Å². The van der Waals surface area contributed by atoms with Crippen molar-refractivity contribution in [1.82, 2.24) is 19.7 Å². The molecule has 4 nitrogen and oxygen atoms in total. The molecule has 0 aliphatic carbocycles. The molecule has 2 aromatic carbocycles. The highest BCUT2D eigenvalue weighted by Gasteiger charge is 2.11. The van der Waals surface area contributed by atoms with Gasteiger partial charge in [-0.2, -0.15) is 5.10 Å². The lowest BCUT2D eigenvalue weighted by molar-refractivity contribution is 0.697. The number of aryl methyl sites for hydroxylation is 1. The number of fused-ring (bicyclic) bond motifs is 2. The van der Waals surface area contributed by atoms with Crippen molar-refractivity contribution in [3.05, 3.63) is 65.9 Å². The van der Waals surface area contributed by atoms with Crippen molar-refractivity contribution in [2.45, 2.75) is 13.5 Å². The van der Waals surface area contributed by atoms with Crippen molar-refractivity contribution in [1.29, 1.82) is 0 Å². The maximum atomic E-state index is 4.73. The van der Waals surface area contributed by atoms with Gasteiger partial charge >= 0.3 is 0 Å². The van der Waals surface area contributed by atoms with E-state index in [9.17, 15) is 0 Å². The summed E-state index contributed by atoms with van der Waals surface area (Å²) in [5, 5.41) is 4.60. The van der Waals surface area contributed by atoms with Gasteiger partial charge in [0.2, 0.25) is 0 Å². The van der Waals surface area contributed by atoms with Crippen molar-refractivity contribution in [2.75, 3.05) is 0 Å². The third-order valence-electron chi connectivity index (χ3n) is 3.59. The van der Waals surface area contributed by atoms with Crippen molar-refractivity contribution in [3.8, 4) is 0 Å². The number of benzene rings is 2. The first-order valence-electron chi connectivity index (χ1n) is 6.95. The molecule has 0 spiro atoms. The minimum Gasteiger partial charge on any atom is -0.241 e. The first-order valence-corrected chi connectivity index (χ1v) is 6.95. The quantitative estimate of drug-likeness (QED) is 0.563. The highest BCUT2D eigenvalue weighted by atomic mass is 15.3.